The van der Waals surface area contributed by atoms with Crippen LogP contribution >= 0.6 is 0 Å². The number of hydrogen-bond donors (Lipinski definition) is 1. The van der Waals surface area contributed by atoms with E-state index in [9.17, 15) is 4.79 Å². The van der Waals surface area contributed by atoms with E-state index in [1.807, 2.05) is 50.2 Å². The summed E-state index contributed by atoms with van der Waals surface area (Å²) in [7, 11) is 1.63. The van der Waals surface area contributed by atoms with Crippen molar-refractivity contribution in [2.45, 2.75) is 40.5 Å². The highest BCUT2D eigenvalue weighted by Crippen LogP contribution is 2.21. The van der Waals surface area contributed by atoms with Gasteiger partial charge in [-0.2, -0.15) is 0 Å². The van der Waals surface area contributed by atoms with Gasteiger partial charge in [0.05, 0.1) is 29.8 Å². The second-order valence-electron chi connectivity index (χ2n) is 7.04. The van der Waals surface area contributed by atoms with Crippen LogP contribution in [0.15, 0.2) is 52.3 Å². The molecule has 0 aliphatic heterocycles. The van der Waals surface area contributed by atoms with Crippen LogP contribution in [0.5, 0.6) is 5.75 Å². The number of rotatable bonds is 6. The molecule has 28 heavy (non-hydrogen) atoms. The van der Waals surface area contributed by atoms with Gasteiger partial charge in [0.2, 0.25) is 0 Å². The van der Waals surface area contributed by atoms with Crippen molar-refractivity contribution in [1.29, 1.82) is 0 Å². The molecule has 0 fully saturated rings. The molecule has 0 spiro atoms. The Morgan fingerprint density at radius 2 is 1.86 bits per heavy atom. The normalized spacial score (nSPS) is 11.7. The lowest BCUT2D eigenvalue weighted by atomic mass is 10.1. The number of nitrogens with one attached hydrogen (secondary N) is 1. The first-order valence-corrected chi connectivity index (χ1v) is 9.55. The number of aromatic nitrogens is 2. The smallest absolute Gasteiger partial charge is 0.280 e. The van der Waals surface area contributed by atoms with Gasteiger partial charge in [0.25, 0.3) is 5.56 Å². The summed E-state index contributed by atoms with van der Waals surface area (Å²) < 4.78 is 6.79. The third kappa shape index (κ3) is 3.93. The van der Waals surface area contributed by atoms with Crippen LogP contribution in [0, 0.1) is 13.8 Å². The zero-order valence-electron chi connectivity index (χ0n) is 17.2. The van der Waals surface area contributed by atoms with E-state index in [0.717, 1.165) is 46.9 Å². The first-order valence-electron chi connectivity index (χ1n) is 9.55. The third-order valence-electron chi connectivity index (χ3n) is 4.80. The van der Waals surface area contributed by atoms with Crippen molar-refractivity contribution in [3.8, 4) is 11.4 Å². The molecule has 0 amide bonds. The van der Waals surface area contributed by atoms with E-state index in [0.29, 0.717) is 5.56 Å². The molecule has 3 rings (SSSR count). The highest BCUT2D eigenvalue weighted by Gasteiger charge is 2.17. The molecule has 0 bridgehead atoms. The van der Waals surface area contributed by atoms with Crippen LogP contribution in [-0.4, -0.2) is 22.6 Å². The summed E-state index contributed by atoms with van der Waals surface area (Å²) in [5, 5.41) is 3.28. The molecule has 0 saturated heterocycles. The average Bonchev–Trinajstić information content (AvgIpc) is 3.00. The van der Waals surface area contributed by atoms with Crippen LogP contribution in [0.25, 0.3) is 5.69 Å². The summed E-state index contributed by atoms with van der Waals surface area (Å²) in [5.74, 6) is 0.755. The fourth-order valence-electron chi connectivity index (χ4n) is 3.37. The van der Waals surface area contributed by atoms with Crippen LogP contribution in [0.3, 0.4) is 0 Å². The minimum Gasteiger partial charge on any atom is -0.497 e. The molecule has 0 unspecified atom stereocenters. The number of aryl methyl sites for hydroxylation is 3. The number of benzene rings is 2. The number of H-pyrrole nitrogens is 1. The molecule has 5 nitrogen and oxygen atoms in total. The van der Waals surface area contributed by atoms with Crippen molar-refractivity contribution < 1.29 is 4.74 Å². The van der Waals surface area contributed by atoms with Gasteiger partial charge in [0, 0.05) is 5.69 Å². The predicted octanol–water partition coefficient (Wildman–Crippen LogP) is 4.88. The molecule has 1 N–H and O–H groups in total. The number of ether oxygens (including phenoxy) is 1. The van der Waals surface area contributed by atoms with E-state index in [1.165, 1.54) is 5.56 Å². The number of aliphatic imine (C=N–C) groups is 1. The Labute approximate surface area is 165 Å². The monoisotopic (exact) mass is 377 g/mol. The number of hydrogen-bond acceptors (Lipinski definition) is 3. The minimum absolute atomic E-state index is 0.0837. The molecule has 1 aromatic heterocycles. The Morgan fingerprint density at radius 3 is 2.46 bits per heavy atom. The van der Waals surface area contributed by atoms with Gasteiger partial charge in [-0.05, 0) is 63.1 Å². The van der Waals surface area contributed by atoms with Crippen LogP contribution in [0.1, 0.15) is 42.7 Å². The van der Waals surface area contributed by atoms with Crippen LogP contribution in [0.4, 0.5) is 5.69 Å². The van der Waals surface area contributed by atoms with Gasteiger partial charge < -0.3 is 4.74 Å². The number of methoxy groups -OCH3 is 1. The molecule has 146 valence electrons. The summed E-state index contributed by atoms with van der Waals surface area (Å²) in [6.45, 7) is 8.11. The maximum Gasteiger partial charge on any atom is 0.280 e. The first-order chi connectivity index (χ1) is 13.4. The Morgan fingerprint density at radius 1 is 1.14 bits per heavy atom. The van der Waals surface area contributed by atoms with Gasteiger partial charge in [0.1, 0.15) is 5.75 Å². The van der Waals surface area contributed by atoms with E-state index >= 15 is 0 Å². The Hall–Kier alpha value is -3.08. The van der Waals surface area contributed by atoms with E-state index in [1.54, 1.807) is 11.8 Å². The fourth-order valence-corrected chi connectivity index (χ4v) is 3.37. The second-order valence-corrected chi connectivity index (χ2v) is 7.04. The molecular formula is C23H27N3O2. The van der Waals surface area contributed by atoms with Gasteiger partial charge in [-0.25, -0.2) is 4.68 Å². The maximum atomic E-state index is 13.2. The van der Waals surface area contributed by atoms with Crippen molar-refractivity contribution in [2.75, 3.05) is 7.11 Å². The molecule has 0 aliphatic carbocycles. The second kappa shape index (κ2) is 8.30. The van der Waals surface area contributed by atoms with Gasteiger partial charge in [-0.3, -0.25) is 14.9 Å². The highest BCUT2D eigenvalue weighted by atomic mass is 16.5. The summed E-state index contributed by atoms with van der Waals surface area (Å²) in [5.41, 5.74) is 6.16. The maximum absolute atomic E-state index is 13.2. The van der Waals surface area contributed by atoms with Crippen LogP contribution < -0.4 is 10.3 Å². The number of aromatic amines is 1. The standard InChI is InChI=1S/C23H27N3O2/c1-6-7-21-22(17(4)24-20-13-8-15(2)14-16(20)3)23(27)26(25-21)18-9-11-19(28-5)12-10-18/h8-14,25H,6-7H2,1-5H3. The van der Waals surface area contributed by atoms with Crippen LogP contribution in [-0.2, 0) is 6.42 Å². The minimum atomic E-state index is -0.0837. The van der Waals surface area contributed by atoms with Gasteiger partial charge >= 0.3 is 0 Å². The molecule has 1 heterocycles. The quantitative estimate of drug-likeness (QED) is 0.622. The molecule has 0 radical (unpaired) electrons. The van der Waals surface area contributed by atoms with Crippen molar-refractivity contribution in [3.63, 3.8) is 0 Å². The largest absolute Gasteiger partial charge is 0.497 e. The third-order valence-corrected chi connectivity index (χ3v) is 4.80. The van der Waals surface area contributed by atoms with Crippen molar-refractivity contribution in [3.05, 3.63) is 75.2 Å². The molecular weight excluding hydrogens is 350 g/mol. The Kier molecular flexibility index (Phi) is 5.83. The molecule has 0 aliphatic rings. The van der Waals surface area contributed by atoms with Gasteiger partial charge in [-0.15, -0.1) is 0 Å². The van der Waals surface area contributed by atoms with E-state index in [4.69, 9.17) is 9.73 Å². The fraction of sp³-hybridized carbons (Fsp3) is 0.304. The lowest BCUT2D eigenvalue weighted by Crippen LogP contribution is -2.19. The zero-order valence-corrected chi connectivity index (χ0v) is 17.2. The number of nitrogens with zero attached hydrogens (tertiary/aromatic N) is 2. The van der Waals surface area contributed by atoms with Gasteiger partial charge in [0.15, 0.2) is 0 Å². The first kappa shape index (κ1) is 19.7. The Balaban J connectivity index is 2.09. The van der Waals surface area contributed by atoms with E-state index in [2.05, 4.69) is 25.0 Å². The summed E-state index contributed by atoms with van der Waals surface area (Å²) in [6, 6.07) is 13.6. The summed E-state index contributed by atoms with van der Waals surface area (Å²) in [6.07, 6.45) is 1.72. The highest BCUT2D eigenvalue weighted by molar-refractivity contribution is 6.01. The van der Waals surface area contributed by atoms with Crippen molar-refractivity contribution in [1.82, 2.24) is 9.78 Å². The van der Waals surface area contributed by atoms with E-state index < -0.39 is 0 Å². The van der Waals surface area contributed by atoms with Gasteiger partial charge in [-0.1, -0.05) is 31.0 Å². The summed E-state index contributed by atoms with van der Waals surface area (Å²) >= 11 is 0. The molecule has 0 atom stereocenters. The molecule has 5 heteroatoms. The topological polar surface area (TPSA) is 59.4 Å². The average molecular weight is 377 g/mol. The van der Waals surface area contributed by atoms with E-state index in [-0.39, 0.29) is 5.56 Å². The zero-order chi connectivity index (χ0) is 20.3. The molecule has 3 aromatic rings. The summed E-state index contributed by atoms with van der Waals surface area (Å²) in [4.78, 5) is 18.0. The van der Waals surface area contributed by atoms with Crippen molar-refractivity contribution in [2.24, 2.45) is 4.99 Å². The SMILES string of the molecule is CCCc1[nH]n(-c2ccc(OC)cc2)c(=O)c1C(C)=Nc1ccc(C)cc1C. The lowest BCUT2D eigenvalue weighted by molar-refractivity contribution is 0.414. The predicted molar refractivity (Wildman–Crippen MR) is 115 cm³/mol. The molecule has 2 aromatic carbocycles. The van der Waals surface area contributed by atoms with Crippen LogP contribution in [0.2, 0.25) is 0 Å². The Bertz CT molecular complexity index is 1060. The van der Waals surface area contributed by atoms with Crippen molar-refractivity contribution >= 4 is 11.4 Å². The molecule has 0 saturated carbocycles. The lowest BCUT2D eigenvalue weighted by Gasteiger charge is -2.04.